The van der Waals surface area contributed by atoms with Crippen molar-refractivity contribution in [1.82, 2.24) is 5.32 Å². The van der Waals surface area contributed by atoms with E-state index in [0.29, 0.717) is 13.0 Å². The van der Waals surface area contributed by atoms with Crippen molar-refractivity contribution in [2.75, 3.05) is 6.61 Å². The number of hydrogen-bond acceptors (Lipinski definition) is 3. The molecule has 0 saturated carbocycles. The fraction of sp³-hybridized carbons (Fsp3) is 0.312. The Labute approximate surface area is 123 Å². The summed E-state index contributed by atoms with van der Waals surface area (Å²) in [7, 11) is 0. The highest BCUT2D eigenvalue weighted by molar-refractivity contribution is 7.10. The van der Waals surface area contributed by atoms with Crippen LogP contribution in [0.25, 0.3) is 0 Å². The van der Waals surface area contributed by atoms with Gasteiger partial charge in [-0.25, -0.2) is 0 Å². The third kappa shape index (κ3) is 4.10. The molecule has 1 N–H and O–H groups in total. The molecule has 1 heterocycles. The van der Waals surface area contributed by atoms with E-state index in [1.165, 1.54) is 0 Å². The maximum Gasteiger partial charge on any atom is 0.225 e. The maximum atomic E-state index is 11.9. The summed E-state index contributed by atoms with van der Waals surface area (Å²) in [6, 6.07) is 11.8. The summed E-state index contributed by atoms with van der Waals surface area (Å²) in [5.41, 5.74) is 1.08. The minimum Gasteiger partial charge on any atom is -0.494 e. The molecule has 0 aliphatic rings. The minimum atomic E-state index is -0.00172. The van der Waals surface area contributed by atoms with Crippen LogP contribution in [0.2, 0.25) is 0 Å². The Morgan fingerprint density at radius 1 is 1.30 bits per heavy atom. The molecule has 0 aliphatic heterocycles. The van der Waals surface area contributed by atoms with Gasteiger partial charge in [0.1, 0.15) is 5.75 Å². The van der Waals surface area contributed by atoms with Crippen LogP contribution in [0.3, 0.4) is 0 Å². The van der Waals surface area contributed by atoms with E-state index in [1.807, 2.05) is 55.6 Å². The van der Waals surface area contributed by atoms with Crippen LogP contribution in [-0.2, 0) is 11.2 Å². The first-order valence-electron chi connectivity index (χ1n) is 6.73. The summed E-state index contributed by atoms with van der Waals surface area (Å²) in [6.45, 7) is 4.61. The van der Waals surface area contributed by atoms with Crippen molar-refractivity contribution >= 4 is 17.2 Å². The molecule has 3 nitrogen and oxygen atoms in total. The van der Waals surface area contributed by atoms with Gasteiger partial charge in [0.25, 0.3) is 0 Å². The fourth-order valence-electron chi connectivity index (χ4n) is 1.97. The third-order valence-electron chi connectivity index (χ3n) is 2.98. The Kier molecular flexibility index (Phi) is 5.18. The van der Waals surface area contributed by atoms with Gasteiger partial charge in [0.2, 0.25) is 5.91 Å². The predicted octanol–water partition coefficient (Wildman–Crippen LogP) is 3.57. The van der Waals surface area contributed by atoms with Gasteiger partial charge in [-0.15, -0.1) is 11.3 Å². The van der Waals surface area contributed by atoms with Crippen LogP contribution >= 0.6 is 11.3 Å². The molecule has 0 spiro atoms. The van der Waals surface area contributed by atoms with Gasteiger partial charge < -0.3 is 10.1 Å². The Morgan fingerprint density at radius 3 is 2.65 bits per heavy atom. The minimum absolute atomic E-state index is 0.00172. The van der Waals surface area contributed by atoms with Crippen LogP contribution in [0.5, 0.6) is 5.75 Å². The zero-order valence-corrected chi connectivity index (χ0v) is 12.6. The van der Waals surface area contributed by atoms with Crippen LogP contribution in [0, 0.1) is 0 Å². The zero-order chi connectivity index (χ0) is 14.4. The van der Waals surface area contributed by atoms with E-state index in [9.17, 15) is 4.79 Å². The second-order valence-electron chi connectivity index (χ2n) is 4.55. The number of thiophene rings is 1. The van der Waals surface area contributed by atoms with Gasteiger partial charge in [-0.3, -0.25) is 4.79 Å². The monoisotopic (exact) mass is 289 g/mol. The fourth-order valence-corrected chi connectivity index (χ4v) is 2.67. The number of ether oxygens (including phenoxy) is 1. The predicted molar refractivity (Wildman–Crippen MR) is 82.2 cm³/mol. The average molecular weight is 289 g/mol. The van der Waals surface area contributed by atoms with Gasteiger partial charge in [0.05, 0.1) is 19.1 Å². The molecule has 1 atom stereocenters. The van der Waals surface area contributed by atoms with Crippen LogP contribution in [-0.4, -0.2) is 12.5 Å². The van der Waals surface area contributed by atoms with Crippen molar-refractivity contribution in [3.05, 3.63) is 52.2 Å². The lowest BCUT2D eigenvalue weighted by Crippen LogP contribution is -2.27. The topological polar surface area (TPSA) is 38.3 Å². The summed E-state index contributed by atoms with van der Waals surface area (Å²) >= 11 is 1.60. The largest absolute Gasteiger partial charge is 0.494 e. The molecule has 0 fully saturated rings. The van der Waals surface area contributed by atoms with Gasteiger partial charge in [0.15, 0.2) is 0 Å². The van der Waals surface area contributed by atoms with Crippen LogP contribution in [0.1, 0.15) is 30.3 Å². The Morgan fingerprint density at radius 2 is 2.05 bits per heavy atom. The van der Waals surface area contributed by atoms with Gasteiger partial charge in [-0.1, -0.05) is 18.2 Å². The number of amides is 1. The summed E-state index contributed by atoms with van der Waals surface area (Å²) < 4.78 is 5.41. The number of hydrogen-bond donors (Lipinski definition) is 1. The van der Waals surface area contributed by atoms with E-state index in [0.717, 1.165) is 16.2 Å². The standard InChI is InChI=1S/C16H19NO2S/c1-3-19-14-8-6-13(7-9-14)12(2)17-16(18)11-15-5-4-10-20-15/h4-10,12H,3,11H2,1-2H3,(H,17,18)/t12-/m0/s1. The van der Waals surface area contributed by atoms with Gasteiger partial charge >= 0.3 is 0 Å². The van der Waals surface area contributed by atoms with Crippen molar-refractivity contribution in [3.8, 4) is 5.75 Å². The number of carbonyl (C=O) groups excluding carboxylic acids is 1. The maximum absolute atomic E-state index is 11.9. The molecule has 106 valence electrons. The lowest BCUT2D eigenvalue weighted by atomic mass is 10.1. The average Bonchev–Trinajstić information content (AvgIpc) is 2.92. The second kappa shape index (κ2) is 7.10. The van der Waals surface area contributed by atoms with Crippen LogP contribution < -0.4 is 10.1 Å². The molecule has 2 aromatic rings. The molecule has 1 amide bonds. The molecule has 1 aromatic heterocycles. The molecule has 4 heteroatoms. The number of nitrogens with one attached hydrogen (secondary N) is 1. The quantitative estimate of drug-likeness (QED) is 0.883. The third-order valence-corrected chi connectivity index (χ3v) is 3.86. The van der Waals surface area contributed by atoms with E-state index < -0.39 is 0 Å². The van der Waals surface area contributed by atoms with Crippen molar-refractivity contribution < 1.29 is 9.53 Å². The molecule has 0 aliphatic carbocycles. The number of benzene rings is 1. The first kappa shape index (κ1) is 14.6. The normalized spacial score (nSPS) is 11.9. The lowest BCUT2D eigenvalue weighted by molar-refractivity contribution is -0.121. The van der Waals surface area contributed by atoms with E-state index in [2.05, 4.69) is 5.32 Å². The lowest BCUT2D eigenvalue weighted by Gasteiger charge is -2.14. The molecule has 0 bridgehead atoms. The molecule has 1 aromatic carbocycles. The molecule has 2 rings (SSSR count). The van der Waals surface area contributed by atoms with Crippen molar-refractivity contribution in [1.29, 1.82) is 0 Å². The molecule has 20 heavy (non-hydrogen) atoms. The molecular formula is C16H19NO2S. The number of rotatable bonds is 6. The second-order valence-corrected chi connectivity index (χ2v) is 5.58. The highest BCUT2D eigenvalue weighted by Gasteiger charge is 2.10. The summed E-state index contributed by atoms with van der Waals surface area (Å²) in [5, 5.41) is 5.00. The highest BCUT2D eigenvalue weighted by Crippen LogP contribution is 2.18. The van der Waals surface area contributed by atoms with Crippen molar-refractivity contribution in [2.45, 2.75) is 26.3 Å². The van der Waals surface area contributed by atoms with E-state index in [1.54, 1.807) is 11.3 Å². The molecule has 0 unspecified atom stereocenters. The van der Waals surface area contributed by atoms with Gasteiger partial charge in [-0.05, 0) is 43.0 Å². The zero-order valence-electron chi connectivity index (χ0n) is 11.8. The molecular weight excluding hydrogens is 270 g/mol. The molecule has 0 saturated heterocycles. The SMILES string of the molecule is CCOc1ccc([C@H](C)NC(=O)Cc2cccs2)cc1. The van der Waals surface area contributed by atoms with Crippen LogP contribution in [0.4, 0.5) is 0 Å². The van der Waals surface area contributed by atoms with Gasteiger partial charge in [-0.2, -0.15) is 0 Å². The Hall–Kier alpha value is -1.81. The Bertz CT molecular complexity index is 534. The van der Waals surface area contributed by atoms with Crippen molar-refractivity contribution in [2.24, 2.45) is 0 Å². The highest BCUT2D eigenvalue weighted by atomic mass is 32.1. The first-order valence-corrected chi connectivity index (χ1v) is 7.61. The summed E-state index contributed by atoms with van der Waals surface area (Å²) in [5.74, 6) is 0.905. The number of carbonyl (C=O) groups is 1. The summed E-state index contributed by atoms with van der Waals surface area (Å²) in [6.07, 6.45) is 0.443. The Balaban J connectivity index is 1.90. The van der Waals surface area contributed by atoms with Crippen molar-refractivity contribution in [3.63, 3.8) is 0 Å². The summed E-state index contributed by atoms with van der Waals surface area (Å²) in [4.78, 5) is 13.0. The van der Waals surface area contributed by atoms with E-state index in [4.69, 9.17) is 4.74 Å². The van der Waals surface area contributed by atoms with Crippen LogP contribution in [0.15, 0.2) is 41.8 Å². The smallest absolute Gasteiger partial charge is 0.225 e. The first-order chi connectivity index (χ1) is 9.69. The van der Waals surface area contributed by atoms with Gasteiger partial charge in [0, 0.05) is 4.88 Å². The van der Waals surface area contributed by atoms with E-state index >= 15 is 0 Å². The van der Waals surface area contributed by atoms with E-state index in [-0.39, 0.29) is 11.9 Å². The molecule has 0 radical (unpaired) electrons.